The Morgan fingerprint density at radius 3 is 2.44 bits per heavy atom. The van der Waals surface area contributed by atoms with Crippen molar-refractivity contribution in [1.82, 2.24) is 5.43 Å². The van der Waals surface area contributed by atoms with E-state index in [4.69, 9.17) is 23.2 Å². The van der Waals surface area contributed by atoms with Crippen LogP contribution in [0.1, 0.15) is 18.9 Å². The van der Waals surface area contributed by atoms with Crippen molar-refractivity contribution in [2.45, 2.75) is 19.8 Å². The lowest BCUT2D eigenvalue weighted by Crippen LogP contribution is -2.22. The molecular weight excluding hydrogens is 361 g/mol. The van der Waals surface area contributed by atoms with Gasteiger partial charge in [0.15, 0.2) is 0 Å². The second-order valence-corrected chi connectivity index (χ2v) is 6.24. The fourth-order valence-corrected chi connectivity index (χ4v) is 2.49. The molecule has 0 aromatic heterocycles. The van der Waals surface area contributed by atoms with Gasteiger partial charge in [-0.25, -0.2) is 5.43 Å². The molecule has 0 unspecified atom stereocenters. The Bertz CT molecular complexity index is 792. The van der Waals surface area contributed by atoms with E-state index >= 15 is 0 Å². The molecule has 0 saturated heterocycles. The van der Waals surface area contributed by atoms with Crippen LogP contribution in [0.15, 0.2) is 53.6 Å². The minimum atomic E-state index is -0.289. The van der Waals surface area contributed by atoms with E-state index in [0.29, 0.717) is 21.4 Å². The van der Waals surface area contributed by atoms with Gasteiger partial charge in [0.2, 0.25) is 11.8 Å². The van der Waals surface area contributed by atoms with Gasteiger partial charge in [-0.1, -0.05) is 53.5 Å². The minimum Gasteiger partial charge on any atom is -0.324 e. The second-order valence-electron chi connectivity index (χ2n) is 5.39. The summed E-state index contributed by atoms with van der Waals surface area (Å²) < 4.78 is 0. The zero-order valence-corrected chi connectivity index (χ0v) is 15.1. The lowest BCUT2D eigenvalue weighted by molar-refractivity contribution is -0.120. The molecule has 0 fully saturated rings. The number of nitrogens with one attached hydrogen (secondary N) is 2. The van der Waals surface area contributed by atoms with Crippen LogP contribution in [0.5, 0.6) is 0 Å². The highest BCUT2D eigenvalue weighted by Crippen LogP contribution is 2.25. The zero-order valence-electron chi connectivity index (χ0n) is 13.6. The molecule has 2 aromatic rings. The minimum absolute atomic E-state index is 0.0323. The summed E-state index contributed by atoms with van der Waals surface area (Å²) in [6.45, 7) is 1.66. The molecule has 2 amide bonds. The second kappa shape index (κ2) is 9.20. The first-order chi connectivity index (χ1) is 11.9. The van der Waals surface area contributed by atoms with Crippen molar-refractivity contribution in [1.29, 1.82) is 0 Å². The van der Waals surface area contributed by atoms with E-state index in [0.717, 1.165) is 5.56 Å². The first-order valence-corrected chi connectivity index (χ1v) is 8.30. The van der Waals surface area contributed by atoms with Crippen molar-refractivity contribution in [2.24, 2.45) is 5.10 Å². The highest BCUT2D eigenvalue weighted by molar-refractivity contribution is 6.36. The molecule has 25 heavy (non-hydrogen) atoms. The van der Waals surface area contributed by atoms with E-state index in [9.17, 15) is 9.59 Å². The summed E-state index contributed by atoms with van der Waals surface area (Å²) in [7, 11) is 0. The fourth-order valence-electron chi connectivity index (χ4n) is 2.04. The van der Waals surface area contributed by atoms with Gasteiger partial charge >= 0.3 is 0 Å². The highest BCUT2D eigenvalue weighted by atomic mass is 35.5. The third kappa shape index (κ3) is 6.57. The smallest absolute Gasteiger partial charge is 0.244 e. The topological polar surface area (TPSA) is 70.6 Å². The summed E-state index contributed by atoms with van der Waals surface area (Å²) in [5.74, 6) is -0.533. The van der Waals surface area contributed by atoms with Gasteiger partial charge in [0.1, 0.15) is 0 Å². The Labute approximate surface area is 156 Å². The Kier molecular flexibility index (Phi) is 6.98. The molecule has 0 atom stereocenters. The largest absolute Gasteiger partial charge is 0.324 e. The number of amides is 2. The van der Waals surface area contributed by atoms with Gasteiger partial charge in [0.05, 0.1) is 23.6 Å². The number of rotatable bonds is 6. The van der Waals surface area contributed by atoms with E-state index in [-0.39, 0.29) is 24.7 Å². The molecule has 7 heteroatoms. The lowest BCUT2D eigenvalue weighted by Gasteiger charge is -2.07. The van der Waals surface area contributed by atoms with Crippen molar-refractivity contribution in [2.75, 3.05) is 5.32 Å². The molecule has 2 N–H and O–H groups in total. The Hall–Kier alpha value is -2.37. The van der Waals surface area contributed by atoms with Crippen molar-refractivity contribution in [3.63, 3.8) is 0 Å². The van der Waals surface area contributed by atoms with Crippen molar-refractivity contribution >= 4 is 46.4 Å². The van der Waals surface area contributed by atoms with Crippen molar-refractivity contribution in [3.05, 3.63) is 64.1 Å². The average molecular weight is 378 g/mol. The zero-order chi connectivity index (χ0) is 18.2. The molecule has 0 heterocycles. The van der Waals surface area contributed by atoms with Gasteiger partial charge in [-0.15, -0.1) is 0 Å². The quantitative estimate of drug-likeness (QED) is 0.588. The SMILES string of the molecule is CC(CC(=O)Nc1ccc(Cl)cc1Cl)=NNC(=O)Cc1ccccc1. The Morgan fingerprint density at radius 2 is 1.76 bits per heavy atom. The third-order valence-corrected chi connectivity index (χ3v) is 3.75. The number of hydrogen-bond acceptors (Lipinski definition) is 3. The van der Waals surface area contributed by atoms with E-state index in [1.54, 1.807) is 25.1 Å². The summed E-state index contributed by atoms with van der Waals surface area (Å²) >= 11 is 11.8. The highest BCUT2D eigenvalue weighted by Gasteiger charge is 2.08. The summed E-state index contributed by atoms with van der Waals surface area (Å²) in [6, 6.07) is 14.1. The maximum absolute atomic E-state index is 12.0. The van der Waals surface area contributed by atoms with Gasteiger partial charge in [-0.3, -0.25) is 9.59 Å². The van der Waals surface area contributed by atoms with Crippen LogP contribution in [0.25, 0.3) is 0 Å². The summed E-state index contributed by atoms with van der Waals surface area (Å²) in [4.78, 5) is 23.8. The monoisotopic (exact) mass is 377 g/mol. The molecule has 0 spiro atoms. The van der Waals surface area contributed by atoms with E-state index < -0.39 is 0 Å². The number of nitrogens with zero attached hydrogens (tertiary/aromatic N) is 1. The molecule has 0 aliphatic carbocycles. The third-order valence-electron chi connectivity index (χ3n) is 3.20. The number of hydrogen-bond donors (Lipinski definition) is 2. The maximum atomic E-state index is 12.0. The molecule has 0 saturated carbocycles. The molecule has 2 aromatic carbocycles. The number of carbonyl (C=O) groups excluding carboxylic acids is 2. The van der Waals surface area contributed by atoms with Crippen molar-refractivity contribution in [3.8, 4) is 0 Å². The lowest BCUT2D eigenvalue weighted by atomic mass is 10.1. The van der Waals surface area contributed by atoms with Gasteiger partial charge in [0, 0.05) is 10.7 Å². The van der Waals surface area contributed by atoms with Crippen LogP contribution in [0.4, 0.5) is 5.69 Å². The normalized spacial score (nSPS) is 11.1. The first kappa shape index (κ1) is 19.0. The van der Waals surface area contributed by atoms with Gasteiger partial charge < -0.3 is 5.32 Å². The maximum Gasteiger partial charge on any atom is 0.244 e. The predicted octanol–water partition coefficient (Wildman–Crippen LogP) is 4.06. The van der Waals surface area contributed by atoms with Crippen LogP contribution in [0.2, 0.25) is 10.0 Å². The van der Waals surface area contributed by atoms with E-state index in [1.807, 2.05) is 30.3 Å². The molecular formula is C18H17Cl2N3O2. The van der Waals surface area contributed by atoms with Gasteiger partial charge in [-0.05, 0) is 30.7 Å². The van der Waals surface area contributed by atoms with Crippen LogP contribution in [-0.2, 0) is 16.0 Å². The van der Waals surface area contributed by atoms with Gasteiger partial charge in [0.25, 0.3) is 0 Å². The molecule has 0 bridgehead atoms. The summed E-state index contributed by atoms with van der Waals surface area (Å²) in [5, 5.41) is 7.45. The Morgan fingerprint density at radius 1 is 1.04 bits per heavy atom. The number of halogens is 2. The number of carbonyl (C=O) groups is 2. The molecule has 0 aliphatic heterocycles. The molecule has 2 rings (SSSR count). The standard InChI is InChI=1S/C18H17Cl2N3O2/c1-12(22-23-18(25)10-13-5-3-2-4-6-13)9-17(24)21-16-8-7-14(19)11-15(16)20/h2-8,11H,9-10H2,1H3,(H,21,24)(H,23,25). The summed E-state index contributed by atoms with van der Waals surface area (Å²) in [5.41, 5.74) is 4.28. The van der Waals surface area contributed by atoms with Crippen LogP contribution in [0, 0.1) is 0 Å². The number of benzene rings is 2. The first-order valence-electron chi connectivity index (χ1n) is 7.55. The molecule has 130 valence electrons. The fraction of sp³-hybridized carbons (Fsp3) is 0.167. The number of hydrazone groups is 1. The van der Waals surface area contributed by atoms with Crippen molar-refractivity contribution < 1.29 is 9.59 Å². The molecule has 5 nitrogen and oxygen atoms in total. The van der Waals surface area contributed by atoms with Crippen LogP contribution >= 0.6 is 23.2 Å². The van der Waals surface area contributed by atoms with E-state index in [2.05, 4.69) is 15.8 Å². The number of anilines is 1. The molecule has 0 radical (unpaired) electrons. The molecule has 0 aliphatic rings. The van der Waals surface area contributed by atoms with Gasteiger partial charge in [-0.2, -0.15) is 5.10 Å². The van der Waals surface area contributed by atoms with Crippen LogP contribution < -0.4 is 10.7 Å². The average Bonchev–Trinajstić information content (AvgIpc) is 2.56. The Balaban J connectivity index is 1.83. The van der Waals surface area contributed by atoms with Crippen LogP contribution in [-0.4, -0.2) is 17.5 Å². The predicted molar refractivity (Wildman–Crippen MR) is 101 cm³/mol. The summed E-state index contributed by atoms with van der Waals surface area (Å²) in [6.07, 6.45) is 0.259. The van der Waals surface area contributed by atoms with E-state index in [1.165, 1.54) is 0 Å². The van der Waals surface area contributed by atoms with Crippen LogP contribution in [0.3, 0.4) is 0 Å².